The van der Waals surface area contributed by atoms with Gasteiger partial charge in [0.05, 0.1) is 0 Å². The van der Waals surface area contributed by atoms with Gasteiger partial charge in [-0.2, -0.15) is 0 Å². The molecule has 0 unspecified atom stereocenters. The second kappa shape index (κ2) is 27.3. The first-order chi connectivity index (χ1) is 57.5. The van der Waals surface area contributed by atoms with E-state index in [4.69, 9.17) is 0 Å². The average molecular weight is 1470 g/mol. The first kappa shape index (κ1) is 66.6. The average Bonchev–Trinajstić information content (AvgIpc) is 1.52. The minimum Gasteiger partial charge on any atom is -0.310 e. The number of rotatable bonds is 14. The molecular weight excluding hydrogens is 1400 g/mol. The second-order valence-corrected chi connectivity index (χ2v) is 31.0. The smallest absolute Gasteiger partial charge is 0.0468 e. The minimum atomic E-state index is 1.07. The van der Waals surface area contributed by atoms with Crippen LogP contribution in [0.5, 0.6) is 0 Å². The largest absolute Gasteiger partial charge is 0.310 e. The third-order valence-corrected chi connectivity index (χ3v) is 24.4. The molecule has 0 aliphatic heterocycles. The van der Waals surface area contributed by atoms with Crippen molar-refractivity contribution in [3.63, 3.8) is 0 Å². The molecule has 0 N–H and O–H groups in total. The number of fused-ring (bicyclic) bond motifs is 16. The van der Waals surface area contributed by atoms with E-state index >= 15 is 0 Å². The lowest BCUT2D eigenvalue weighted by Gasteiger charge is -2.26. The molecule has 116 heavy (non-hydrogen) atoms. The lowest BCUT2D eigenvalue weighted by atomic mass is 9.95. The Balaban J connectivity index is 0.636. The van der Waals surface area contributed by atoms with E-state index < -0.39 is 0 Å². The topological polar surface area (TPSA) is 6.48 Å². The molecule has 0 aliphatic rings. The lowest BCUT2D eigenvalue weighted by Crippen LogP contribution is -2.09. The van der Waals surface area contributed by atoms with Gasteiger partial charge in [0.1, 0.15) is 0 Å². The fraction of sp³-hybridized carbons (Fsp3) is 0. The highest BCUT2D eigenvalue weighted by Gasteiger charge is 2.25. The van der Waals surface area contributed by atoms with E-state index in [1.54, 1.807) is 0 Å². The predicted molar refractivity (Wildman–Crippen MR) is 505 cm³/mol. The molecule has 23 aromatic rings. The van der Waals surface area contributed by atoms with Gasteiger partial charge in [0.2, 0.25) is 0 Å². The van der Waals surface area contributed by atoms with Crippen molar-refractivity contribution in [3.8, 4) is 0 Å². The highest BCUT2D eigenvalue weighted by molar-refractivity contribution is 6.48. The maximum atomic E-state index is 2.45. The first-order valence-corrected chi connectivity index (χ1v) is 40.2. The third kappa shape index (κ3) is 11.2. The van der Waals surface area contributed by atoms with E-state index in [1.165, 1.54) is 173 Å². The Kier molecular flexibility index (Phi) is 15.7. The predicted octanol–water partition coefficient (Wildman–Crippen LogP) is 32.3. The SMILES string of the molecule is C(=C\c1c2ccccc2cc2ccccc12)/c1ccc(N(c2ccc(/C=C/c3c4ccccc4cc4ccccc34)cc2)c2ccc3c(c2)c2cccc4c2c3c2cccc3c5cc(N(c6ccc(/C=C/c7c8ccccc8cc8ccccc78)cc6)c6ccc(/C=C/c7c8ccccc8cc8ccccc78)cc6)ccc5c4c32)cc1. The molecule has 0 heterocycles. The van der Waals surface area contributed by atoms with Crippen LogP contribution >= 0.6 is 0 Å². The van der Waals surface area contributed by atoms with Gasteiger partial charge in [-0.1, -0.05) is 340 Å². The summed E-state index contributed by atoms with van der Waals surface area (Å²) < 4.78 is 0. The fourth-order valence-electron chi connectivity index (χ4n) is 19.0. The summed E-state index contributed by atoms with van der Waals surface area (Å²) >= 11 is 0. The molecule has 0 spiro atoms. The third-order valence-electron chi connectivity index (χ3n) is 24.4. The van der Waals surface area contributed by atoms with Crippen molar-refractivity contribution in [2.24, 2.45) is 0 Å². The van der Waals surface area contributed by atoms with Crippen molar-refractivity contribution in [2.75, 3.05) is 9.80 Å². The van der Waals surface area contributed by atoms with Crippen molar-refractivity contribution in [1.82, 2.24) is 0 Å². The zero-order valence-corrected chi connectivity index (χ0v) is 63.5. The summed E-state index contributed by atoms with van der Waals surface area (Å²) in [4.78, 5) is 4.87. The van der Waals surface area contributed by atoms with Gasteiger partial charge < -0.3 is 9.80 Å². The summed E-state index contributed by atoms with van der Waals surface area (Å²) in [5, 5.41) is 35.1. The summed E-state index contributed by atoms with van der Waals surface area (Å²) in [6.45, 7) is 0. The monoisotopic (exact) mass is 1470 g/mol. The quantitative estimate of drug-likeness (QED) is 0.0791. The van der Waals surface area contributed by atoms with Gasteiger partial charge in [-0.15, -0.1) is 0 Å². The van der Waals surface area contributed by atoms with E-state index in [0.29, 0.717) is 0 Å². The molecule has 0 bridgehead atoms. The Morgan fingerprint density at radius 3 is 0.552 bits per heavy atom. The van der Waals surface area contributed by atoms with Gasteiger partial charge in [0.25, 0.3) is 0 Å². The van der Waals surface area contributed by atoms with Crippen molar-refractivity contribution >= 4 is 234 Å². The Labute approximate surface area is 671 Å². The highest BCUT2D eigenvalue weighted by Crippen LogP contribution is 2.53. The van der Waals surface area contributed by atoms with Crippen LogP contribution in [0, 0.1) is 0 Å². The lowest BCUT2D eigenvalue weighted by molar-refractivity contribution is 1.29. The van der Waals surface area contributed by atoms with E-state index in [-0.39, 0.29) is 0 Å². The van der Waals surface area contributed by atoms with Crippen molar-refractivity contribution in [3.05, 3.63) is 433 Å². The number of anilines is 6. The van der Waals surface area contributed by atoms with Gasteiger partial charge >= 0.3 is 0 Å². The van der Waals surface area contributed by atoms with Crippen molar-refractivity contribution < 1.29 is 0 Å². The van der Waals surface area contributed by atoms with Gasteiger partial charge in [0.15, 0.2) is 0 Å². The second-order valence-electron chi connectivity index (χ2n) is 31.0. The molecule has 0 radical (unpaired) electrons. The van der Waals surface area contributed by atoms with Gasteiger partial charge in [0, 0.05) is 34.1 Å². The Hall–Kier alpha value is -15.2. The molecule has 2 nitrogen and oxygen atoms in total. The molecule has 538 valence electrons. The van der Waals surface area contributed by atoms with Crippen molar-refractivity contribution in [1.29, 1.82) is 0 Å². The molecule has 0 aromatic heterocycles. The molecule has 0 amide bonds. The van der Waals surface area contributed by atoms with Crippen LogP contribution in [0.1, 0.15) is 44.5 Å². The number of hydrogen-bond donors (Lipinski definition) is 0. The molecule has 0 saturated carbocycles. The van der Waals surface area contributed by atoms with Crippen LogP contribution in [-0.4, -0.2) is 0 Å². The Bertz CT molecular complexity index is 7000. The summed E-state index contributed by atoms with van der Waals surface area (Å²) in [7, 11) is 0. The van der Waals surface area contributed by atoms with E-state index in [9.17, 15) is 0 Å². The molecule has 23 rings (SSSR count). The highest BCUT2D eigenvalue weighted by atomic mass is 15.1. The molecule has 0 saturated heterocycles. The van der Waals surface area contributed by atoms with Crippen LogP contribution in [0.25, 0.3) is 199 Å². The molecule has 0 aliphatic carbocycles. The van der Waals surface area contributed by atoms with Crippen LogP contribution in [0.15, 0.2) is 388 Å². The van der Waals surface area contributed by atoms with Crippen LogP contribution in [-0.2, 0) is 0 Å². The zero-order chi connectivity index (χ0) is 76.3. The summed E-state index contributed by atoms with van der Waals surface area (Å²) in [6, 6.07) is 144. The van der Waals surface area contributed by atoms with Gasteiger partial charge in [-0.25, -0.2) is 0 Å². The van der Waals surface area contributed by atoms with Gasteiger partial charge in [-0.05, 0) is 292 Å². The van der Waals surface area contributed by atoms with Crippen LogP contribution in [0.3, 0.4) is 0 Å². The van der Waals surface area contributed by atoms with Crippen LogP contribution < -0.4 is 9.80 Å². The van der Waals surface area contributed by atoms with E-state index in [1.807, 2.05) is 0 Å². The van der Waals surface area contributed by atoms with Crippen molar-refractivity contribution in [2.45, 2.75) is 0 Å². The Morgan fingerprint density at radius 1 is 0.129 bits per heavy atom. The number of nitrogens with zero attached hydrogens (tertiary/aromatic N) is 2. The molecule has 2 heteroatoms. The van der Waals surface area contributed by atoms with E-state index in [2.05, 4.69) is 447 Å². The van der Waals surface area contributed by atoms with Crippen LogP contribution in [0.4, 0.5) is 34.1 Å². The molecule has 0 atom stereocenters. The Morgan fingerprint density at radius 2 is 0.319 bits per heavy atom. The maximum absolute atomic E-state index is 2.45. The van der Waals surface area contributed by atoms with Gasteiger partial charge in [-0.3, -0.25) is 0 Å². The minimum absolute atomic E-state index is 1.07. The molecule has 0 fully saturated rings. The standard InChI is InChI=1S/C114H72N2/c1-9-27-91-77(19-1)67-78-20-2-10-28-92(78)99(91)61-47-73-39-51-85(52-40-73)115(86-53-41-74(42-54-86)48-62-100-93-29-11-3-21-79(93)68-80-22-4-12-30-94(80)100)89-59-65-105-109(71-89)103-35-17-37-107-111(103)113(105)108-38-18-36-104-110-72-90(60-66-106(110)114(107)112(104)108)116(87-55-43-75(44-56-87)49-63-101-95-31-13-5-23-81(95)69-82-24-6-14-32-96(82)101)88-57-45-76(46-58-88)50-64-102-97-33-15-7-25-83(97)70-84-26-8-16-34-98(84)102/h1-72H/b61-47+,62-48+,63-49+,64-50+. The summed E-state index contributed by atoms with van der Waals surface area (Å²) in [5.74, 6) is 0. The number of benzene rings is 21. The maximum Gasteiger partial charge on any atom is 0.0468 e. The van der Waals surface area contributed by atoms with Crippen LogP contribution in [0.2, 0.25) is 0 Å². The first-order valence-electron chi connectivity index (χ1n) is 40.2. The summed E-state index contributed by atoms with van der Waals surface area (Å²) in [5.41, 5.74) is 15.9. The normalized spacial score (nSPS) is 12.3. The molecule has 23 aromatic carbocycles. The summed E-state index contributed by atoms with van der Waals surface area (Å²) in [6.07, 6.45) is 18.3. The van der Waals surface area contributed by atoms with E-state index in [0.717, 1.165) is 56.4 Å². The fourth-order valence-corrected chi connectivity index (χ4v) is 19.0. The number of hydrogen-bond acceptors (Lipinski definition) is 2. The molecular formula is C114H72N2. The zero-order valence-electron chi connectivity index (χ0n) is 63.5.